The van der Waals surface area contributed by atoms with Crippen molar-refractivity contribution in [2.24, 2.45) is 17.8 Å². The first-order valence-electron chi connectivity index (χ1n) is 13.7. The minimum absolute atomic E-state index is 0.171. The fourth-order valence-corrected chi connectivity index (χ4v) is 7.18. The molecule has 6 atom stereocenters. The number of benzene rings is 2. The number of rotatable bonds is 9. The van der Waals surface area contributed by atoms with Crippen LogP contribution in [0, 0.1) is 17.8 Å². The molecule has 3 amide bonds. The SMILES string of the molecule is CC[C@@]12CCC3(O1)C(C(=O)Nc1ccc(Cl)cc1)N([C@@H](CO)CC(C)C)C(=O)[C@@H]3[C@@H]2C(=O)Nc1ccccc1. The molecule has 2 aromatic rings. The molecule has 3 N–H and O–H groups in total. The normalized spacial score (nSPS) is 29.9. The Labute approximate surface area is 234 Å². The second kappa shape index (κ2) is 10.6. The van der Waals surface area contributed by atoms with Crippen molar-refractivity contribution in [3.05, 3.63) is 59.6 Å². The fourth-order valence-electron chi connectivity index (χ4n) is 7.05. The fraction of sp³-hybridized carbons (Fsp3) is 0.500. The molecule has 3 saturated heterocycles. The number of hydrogen-bond donors (Lipinski definition) is 3. The number of hydrogen-bond acceptors (Lipinski definition) is 5. The van der Waals surface area contributed by atoms with E-state index in [0.717, 1.165) is 0 Å². The van der Waals surface area contributed by atoms with E-state index in [9.17, 15) is 19.5 Å². The number of aliphatic hydroxyl groups excluding tert-OH is 1. The van der Waals surface area contributed by atoms with Crippen molar-refractivity contribution < 1.29 is 24.2 Å². The summed E-state index contributed by atoms with van der Waals surface area (Å²) in [5.74, 6) is -2.42. The Bertz CT molecular complexity index is 1240. The number of para-hydroxylation sites is 1. The van der Waals surface area contributed by atoms with Crippen LogP contribution in [-0.2, 0) is 19.1 Å². The van der Waals surface area contributed by atoms with Crippen molar-refractivity contribution in [1.29, 1.82) is 0 Å². The molecule has 9 heteroatoms. The maximum absolute atomic E-state index is 14.3. The number of halogens is 1. The quantitative estimate of drug-likeness (QED) is 0.424. The van der Waals surface area contributed by atoms with E-state index in [4.69, 9.17) is 16.3 Å². The molecule has 1 spiro atoms. The van der Waals surface area contributed by atoms with Crippen molar-refractivity contribution in [3.63, 3.8) is 0 Å². The topological polar surface area (TPSA) is 108 Å². The third-order valence-electron chi connectivity index (χ3n) is 8.65. The van der Waals surface area contributed by atoms with Gasteiger partial charge in [0.05, 0.1) is 30.1 Å². The van der Waals surface area contributed by atoms with E-state index < -0.39 is 41.0 Å². The smallest absolute Gasteiger partial charge is 0.250 e. The van der Waals surface area contributed by atoms with Crippen LogP contribution in [0.3, 0.4) is 0 Å². The molecule has 0 aromatic heterocycles. The molecule has 2 aromatic carbocycles. The summed E-state index contributed by atoms with van der Waals surface area (Å²) < 4.78 is 6.80. The zero-order valence-electron chi connectivity index (χ0n) is 22.5. The van der Waals surface area contributed by atoms with Crippen LogP contribution in [0.1, 0.15) is 46.5 Å². The average Bonchev–Trinajstić information content (AvgIpc) is 3.52. The summed E-state index contributed by atoms with van der Waals surface area (Å²) in [6.07, 6.45) is 2.08. The molecule has 0 aliphatic carbocycles. The van der Waals surface area contributed by atoms with Gasteiger partial charge in [0.2, 0.25) is 17.7 Å². The first kappa shape index (κ1) is 27.6. The van der Waals surface area contributed by atoms with Gasteiger partial charge in [0.25, 0.3) is 0 Å². The number of amides is 3. The lowest BCUT2D eigenvalue weighted by Gasteiger charge is -2.37. The van der Waals surface area contributed by atoms with Gasteiger partial charge < -0.3 is 25.4 Å². The zero-order valence-corrected chi connectivity index (χ0v) is 23.3. The van der Waals surface area contributed by atoms with E-state index in [-0.39, 0.29) is 24.3 Å². The van der Waals surface area contributed by atoms with Gasteiger partial charge >= 0.3 is 0 Å². The Morgan fingerprint density at radius 1 is 1.05 bits per heavy atom. The molecular weight excluding hydrogens is 518 g/mol. The van der Waals surface area contributed by atoms with Crippen LogP contribution in [0.15, 0.2) is 54.6 Å². The van der Waals surface area contributed by atoms with E-state index in [1.54, 1.807) is 36.4 Å². The summed E-state index contributed by atoms with van der Waals surface area (Å²) in [5, 5.41) is 16.9. The Kier molecular flexibility index (Phi) is 7.48. The summed E-state index contributed by atoms with van der Waals surface area (Å²) in [5.41, 5.74) is -0.848. The monoisotopic (exact) mass is 553 g/mol. The highest BCUT2D eigenvalue weighted by Gasteiger charge is 2.79. The van der Waals surface area contributed by atoms with Gasteiger partial charge in [-0.1, -0.05) is 50.6 Å². The van der Waals surface area contributed by atoms with Gasteiger partial charge in [0, 0.05) is 16.4 Å². The molecule has 3 fully saturated rings. The molecular formula is C30H36ClN3O5. The Balaban J connectivity index is 1.56. The van der Waals surface area contributed by atoms with Gasteiger partial charge in [-0.25, -0.2) is 0 Å². The van der Waals surface area contributed by atoms with Crippen molar-refractivity contribution >= 4 is 40.7 Å². The molecule has 3 heterocycles. The Morgan fingerprint density at radius 2 is 1.69 bits per heavy atom. The van der Waals surface area contributed by atoms with Crippen LogP contribution >= 0.6 is 11.6 Å². The number of anilines is 2. The van der Waals surface area contributed by atoms with Gasteiger partial charge in [-0.05, 0) is 68.0 Å². The van der Waals surface area contributed by atoms with Gasteiger partial charge in [0.1, 0.15) is 11.6 Å². The van der Waals surface area contributed by atoms with E-state index in [0.29, 0.717) is 42.1 Å². The van der Waals surface area contributed by atoms with Crippen molar-refractivity contribution in [2.75, 3.05) is 17.2 Å². The summed E-state index contributed by atoms with van der Waals surface area (Å²) in [6, 6.07) is 14.3. The molecule has 3 aliphatic rings. The number of carbonyl (C=O) groups is 3. The number of fused-ring (bicyclic) bond motifs is 1. The number of aliphatic hydroxyl groups is 1. The number of carbonyl (C=O) groups excluding carboxylic acids is 3. The second-order valence-corrected chi connectivity index (χ2v) is 11.8. The molecule has 208 valence electrons. The van der Waals surface area contributed by atoms with E-state index >= 15 is 0 Å². The van der Waals surface area contributed by atoms with Crippen molar-refractivity contribution in [2.45, 2.75) is 69.7 Å². The average molecular weight is 554 g/mol. The zero-order chi connectivity index (χ0) is 27.9. The summed E-state index contributed by atoms with van der Waals surface area (Å²) in [6.45, 7) is 5.69. The predicted octanol–water partition coefficient (Wildman–Crippen LogP) is 4.48. The van der Waals surface area contributed by atoms with Crippen LogP contribution in [-0.4, -0.2) is 57.6 Å². The molecule has 3 aliphatic heterocycles. The van der Waals surface area contributed by atoms with E-state index in [1.807, 2.05) is 39.0 Å². The summed E-state index contributed by atoms with van der Waals surface area (Å²) in [4.78, 5) is 43.8. The lowest BCUT2D eigenvalue weighted by atomic mass is 9.65. The second-order valence-electron chi connectivity index (χ2n) is 11.4. The number of likely N-dealkylation sites (tertiary alicyclic amines) is 1. The van der Waals surface area contributed by atoms with Crippen LogP contribution in [0.25, 0.3) is 0 Å². The largest absolute Gasteiger partial charge is 0.394 e. The van der Waals surface area contributed by atoms with Crippen molar-refractivity contribution in [3.8, 4) is 0 Å². The molecule has 0 saturated carbocycles. The molecule has 39 heavy (non-hydrogen) atoms. The minimum Gasteiger partial charge on any atom is -0.394 e. The van der Waals surface area contributed by atoms with Gasteiger partial charge in [-0.2, -0.15) is 0 Å². The first-order chi connectivity index (χ1) is 18.7. The molecule has 0 radical (unpaired) electrons. The predicted molar refractivity (Wildman–Crippen MR) is 149 cm³/mol. The Hall–Kier alpha value is -2.94. The van der Waals surface area contributed by atoms with E-state index in [1.165, 1.54) is 4.90 Å². The summed E-state index contributed by atoms with van der Waals surface area (Å²) >= 11 is 6.03. The van der Waals surface area contributed by atoms with Gasteiger partial charge in [0.15, 0.2) is 0 Å². The molecule has 8 nitrogen and oxygen atoms in total. The third-order valence-corrected chi connectivity index (χ3v) is 8.90. The molecule has 2 bridgehead atoms. The van der Waals surface area contributed by atoms with Gasteiger partial charge in [-0.15, -0.1) is 0 Å². The van der Waals surface area contributed by atoms with Crippen molar-refractivity contribution in [1.82, 2.24) is 4.90 Å². The van der Waals surface area contributed by atoms with Crippen LogP contribution < -0.4 is 10.6 Å². The third kappa shape index (κ3) is 4.62. The maximum Gasteiger partial charge on any atom is 0.250 e. The molecule has 5 rings (SSSR count). The van der Waals surface area contributed by atoms with Gasteiger partial charge in [-0.3, -0.25) is 14.4 Å². The number of nitrogens with one attached hydrogen (secondary N) is 2. The first-order valence-corrected chi connectivity index (χ1v) is 14.1. The van der Waals surface area contributed by atoms with Crippen LogP contribution in [0.2, 0.25) is 5.02 Å². The lowest BCUT2D eigenvalue weighted by molar-refractivity contribution is -0.148. The minimum atomic E-state index is -1.17. The number of nitrogens with zero attached hydrogens (tertiary/aromatic N) is 1. The molecule has 2 unspecified atom stereocenters. The van der Waals surface area contributed by atoms with Crippen LogP contribution in [0.4, 0.5) is 11.4 Å². The highest BCUT2D eigenvalue weighted by Crippen LogP contribution is 2.64. The highest BCUT2D eigenvalue weighted by molar-refractivity contribution is 6.30. The van der Waals surface area contributed by atoms with Crippen LogP contribution in [0.5, 0.6) is 0 Å². The van der Waals surface area contributed by atoms with E-state index in [2.05, 4.69) is 10.6 Å². The maximum atomic E-state index is 14.3. The Morgan fingerprint density at radius 3 is 2.31 bits per heavy atom. The standard InChI is InChI=1S/C30H36ClN3O5/c1-4-29-14-15-30(39-29)24(23(29)26(36)32-20-8-6-5-7-9-20)28(38)34(22(17-35)16-18(2)3)25(30)27(37)33-21-12-10-19(31)11-13-21/h5-13,18,22-25,35H,4,14-17H2,1-3H3,(H,32,36)(H,33,37)/t22-,23-,24+,25?,29+,30?/m1/s1. The number of ether oxygens (including phenoxy) is 1. The lowest BCUT2D eigenvalue weighted by Crippen LogP contribution is -2.56. The summed E-state index contributed by atoms with van der Waals surface area (Å²) in [7, 11) is 0. The highest BCUT2D eigenvalue weighted by atomic mass is 35.5.